The zero-order valence-electron chi connectivity index (χ0n) is 20.0. The molecule has 9 nitrogen and oxygen atoms in total. The van der Waals surface area contributed by atoms with Crippen molar-refractivity contribution in [3.63, 3.8) is 0 Å². The number of benzene rings is 2. The Morgan fingerprint density at radius 3 is 2.43 bits per heavy atom. The van der Waals surface area contributed by atoms with E-state index in [4.69, 9.17) is 9.47 Å². The van der Waals surface area contributed by atoms with Crippen molar-refractivity contribution in [1.29, 1.82) is 0 Å². The lowest BCUT2D eigenvalue weighted by Gasteiger charge is -2.37. The topological polar surface area (TPSA) is 105 Å². The molecule has 4 rings (SSSR count). The zero-order valence-corrected chi connectivity index (χ0v) is 20.8. The van der Waals surface area contributed by atoms with Crippen LogP contribution in [-0.4, -0.2) is 74.0 Å². The van der Waals surface area contributed by atoms with Gasteiger partial charge < -0.3 is 19.7 Å². The summed E-state index contributed by atoms with van der Waals surface area (Å²) < 4.78 is 37.8. The summed E-state index contributed by atoms with van der Waals surface area (Å²) in [7, 11) is -3.42. The van der Waals surface area contributed by atoms with Crippen molar-refractivity contribution in [1.82, 2.24) is 14.5 Å². The van der Waals surface area contributed by atoms with Crippen molar-refractivity contribution in [3.05, 3.63) is 59.7 Å². The molecule has 35 heavy (non-hydrogen) atoms. The van der Waals surface area contributed by atoms with Crippen molar-refractivity contribution < 1.29 is 27.5 Å². The molecule has 0 aromatic heterocycles. The van der Waals surface area contributed by atoms with Crippen LogP contribution < -0.4 is 10.1 Å². The maximum Gasteiger partial charge on any atom is 0.239 e. The van der Waals surface area contributed by atoms with Crippen LogP contribution in [0.25, 0.3) is 0 Å². The molecule has 2 atom stereocenters. The number of amides is 2. The SMILES string of the molecule is CCN1CC(=O)N[C@H]2CN(S(C)(=O)=O)CC[C@@H]2OCc2cccc(c2)Oc2cccc(c2)CC1=O. The van der Waals surface area contributed by atoms with Crippen LogP contribution >= 0.6 is 0 Å². The van der Waals surface area contributed by atoms with E-state index in [2.05, 4.69) is 5.32 Å². The van der Waals surface area contributed by atoms with E-state index in [1.54, 1.807) is 0 Å². The first kappa shape index (κ1) is 25.2. The van der Waals surface area contributed by atoms with E-state index >= 15 is 0 Å². The summed E-state index contributed by atoms with van der Waals surface area (Å²) in [6, 6.07) is 14.3. The maximum atomic E-state index is 12.9. The minimum atomic E-state index is -3.42. The van der Waals surface area contributed by atoms with E-state index in [0.717, 1.165) is 17.4 Å². The molecule has 10 heteroatoms. The third-order valence-corrected chi connectivity index (χ3v) is 7.52. The number of ether oxygens (including phenoxy) is 2. The summed E-state index contributed by atoms with van der Waals surface area (Å²) in [5, 5.41) is 2.92. The van der Waals surface area contributed by atoms with Gasteiger partial charge >= 0.3 is 0 Å². The van der Waals surface area contributed by atoms with Gasteiger partial charge in [-0.15, -0.1) is 0 Å². The minimum Gasteiger partial charge on any atom is -0.457 e. The monoisotopic (exact) mass is 501 g/mol. The highest BCUT2D eigenvalue weighted by Gasteiger charge is 2.35. The highest BCUT2D eigenvalue weighted by Crippen LogP contribution is 2.25. The molecule has 4 bridgehead atoms. The number of nitrogens with zero attached hydrogens (tertiary/aromatic N) is 2. The molecule has 2 aromatic carbocycles. The van der Waals surface area contributed by atoms with Gasteiger partial charge in [0.15, 0.2) is 0 Å². The number of likely N-dealkylation sites (N-methyl/N-ethyl adjacent to an activating group) is 1. The fraction of sp³-hybridized carbons (Fsp3) is 0.440. The van der Waals surface area contributed by atoms with Crippen molar-refractivity contribution in [2.24, 2.45) is 0 Å². The second-order valence-electron chi connectivity index (χ2n) is 8.91. The molecule has 0 unspecified atom stereocenters. The largest absolute Gasteiger partial charge is 0.457 e. The van der Waals surface area contributed by atoms with Crippen molar-refractivity contribution in [2.75, 3.05) is 32.4 Å². The first-order chi connectivity index (χ1) is 16.7. The highest BCUT2D eigenvalue weighted by atomic mass is 32.2. The molecule has 0 spiro atoms. The molecule has 188 valence electrons. The third-order valence-electron chi connectivity index (χ3n) is 6.25. The van der Waals surface area contributed by atoms with Crippen molar-refractivity contribution >= 4 is 21.8 Å². The van der Waals surface area contributed by atoms with Gasteiger partial charge in [-0.1, -0.05) is 24.3 Å². The second kappa shape index (κ2) is 10.8. The van der Waals surface area contributed by atoms with E-state index in [0.29, 0.717) is 31.0 Å². The summed E-state index contributed by atoms with van der Waals surface area (Å²) in [5.74, 6) is 0.732. The Kier molecular flexibility index (Phi) is 7.73. The molecular formula is C25H31N3O6S. The number of piperidine rings is 1. The van der Waals surface area contributed by atoms with Gasteiger partial charge in [-0.3, -0.25) is 9.59 Å². The van der Waals surface area contributed by atoms with Crippen LogP contribution in [-0.2, 0) is 37.4 Å². The van der Waals surface area contributed by atoms with Crippen LogP contribution in [0, 0.1) is 0 Å². The fourth-order valence-electron chi connectivity index (χ4n) is 4.39. The molecule has 1 saturated heterocycles. The van der Waals surface area contributed by atoms with Crippen LogP contribution in [0.4, 0.5) is 0 Å². The van der Waals surface area contributed by atoms with Gasteiger partial charge in [0.1, 0.15) is 11.5 Å². The van der Waals surface area contributed by atoms with E-state index in [-0.39, 0.29) is 44.0 Å². The Bertz CT molecular complexity index is 1190. The van der Waals surface area contributed by atoms with Gasteiger partial charge in [-0.25, -0.2) is 8.42 Å². The lowest BCUT2D eigenvalue weighted by molar-refractivity contribution is -0.136. The quantitative estimate of drug-likeness (QED) is 0.674. The molecule has 2 aliphatic rings. The van der Waals surface area contributed by atoms with Gasteiger partial charge in [-0.2, -0.15) is 4.31 Å². The first-order valence-corrected chi connectivity index (χ1v) is 13.6. The van der Waals surface area contributed by atoms with Gasteiger partial charge in [0.2, 0.25) is 21.8 Å². The maximum absolute atomic E-state index is 12.9. The van der Waals surface area contributed by atoms with E-state index in [9.17, 15) is 18.0 Å². The lowest BCUT2D eigenvalue weighted by Crippen LogP contribution is -2.58. The number of nitrogens with one attached hydrogen (secondary N) is 1. The molecule has 2 aliphatic heterocycles. The summed E-state index contributed by atoms with van der Waals surface area (Å²) >= 11 is 0. The molecule has 2 aromatic rings. The number of hydrogen-bond acceptors (Lipinski definition) is 6. The Morgan fingerprint density at radius 1 is 1.06 bits per heavy atom. The Balaban J connectivity index is 1.63. The van der Waals surface area contributed by atoms with Gasteiger partial charge in [-0.05, 0) is 48.7 Å². The number of carbonyl (C=O) groups is 2. The summed E-state index contributed by atoms with van der Waals surface area (Å²) in [6.45, 7) is 2.78. The number of rotatable bonds is 2. The average Bonchev–Trinajstić information content (AvgIpc) is 2.81. The van der Waals surface area contributed by atoms with Gasteiger partial charge in [0.25, 0.3) is 0 Å². The van der Waals surface area contributed by atoms with E-state index in [1.807, 2.05) is 55.5 Å². The smallest absolute Gasteiger partial charge is 0.239 e. The summed E-state index contributed by atoms with van der Waals surface area (Å²) in [6.07, 6.45) is 1.36. The normalized spacial score (nSPS) is 22.5. The lowest BCUT2D eigenvalue weighted by atomic mass is 10.0. The Morgan fingerprint density at radius 2 is 1.74 bits per heavy atom. The first-order valence-electron chi connectivity index (χ1n) is 11.7. The number of carbonyl (C=O) groups excluding carboxylic acids is 2. The molecular weight excluding hydrogens is 470 g/mol. The average molecular weight is 502 g/mol. The molecule has 1 N–H and O–H groups in total. The second-order valence-corrected chi connectivity index (χ2v) is 10.9. The summed E-state index contributed by atoms with van der Waals surface area (Å²) in [4.78, 5) is 27.4. The number of sulfonamides is 1. The summed E-state index contributed by atoms with van der Waals surface area (Å²) in [5.41, 5.74) is 1.68. The Hall–Kier alpha value is -2.95. The highest BCUT2D eigenvalue weighted by molar-refractivity contribution is 7.88. The van der Waals surface area contributed by atoms with Gasteiger partial charge in [0, 0.05) is 19.6 Å². The molecule has 1 fully saturated rings. The predicted octanol–water partition coefficient (Wildman–Crippen LogP) is 1.92. The standard InChI is InChI=1S/C25H31N3O6S/c1-3-27-16-24(29)26-22-15-28(35(2,31)32)11-10-23(22)33-17-19-7-5-9-21(13-19)34-20-8-4-6-18(12-20)14-25(27)30/h4-9,12-13,22-23H,3,10-11,14-17H2,1-2H3,(H,26,29)/t22-,23-/m0/s1. The fourth-order valence-corrected chi connectivity index (χ4v) is 5.25. The number of hydrogen-bond donors (Lipinski definition) is 1. The zero-order chi connectivity index (χ0) is 25.0. The Labute approximate surface area is 206 Å². The molecule has 0 saturated carbocycles. The molecule has 2 amide bonds. The van der Waals surface area contributed by atoms with Crippen molar-refractivity contribution in [3.8, 4) is 11.5 Å². The van der Waals surface area contributed by atoms with E-state index in [1.165, 1.54) is 9.21 Å². The van der Waals surface area contributed by atoms with Crippen LogP contribution in [0.5, 0.6) is 11.5 Å². The molecule has 0 aliphatic carbocycles. The third kappa shape index (κ3) is 6.59. The van der Waals surface area contributed by atoms with Gasteiger partial charge in [0.05, 0.1) is 38.0 Å². The predicted molar refractivity (Wildman–Crippen MR) is 130 cm³/mol. The van der Waals surface area contributed by atoms with Crippen molar-refractivity contribution in [2.45, 2.75) is 38.5 Å². The minimum absolute atomic E-state index is 0.115. The van der Waals surface area contributed by atoms with Crippen LogP contribution in [0.15, 0.2) is 48.5 Å². The molecule has 0 radical (unpaired) electrons. The number of fused-ring (bicyclic) bond motifs is 5. The van der Waals surface area contributed by atoms with E-state index < -0.39 is 16.1 Å². The van der Waals surface area contributed by atoms with Crippen LogP contribution in [0.1, 0.15) is 24.5 Å². The van der Waals surface area contributed by atoms with Crippen LogP contribution in [0.3, 0.4) is 0 Å². The van der Waals surface area contributed by atoms with Crippen LogP contribution in [0.2, 0.25) is 0 Å². The molecule has 2 heterocycles.